The summed E-state index contributed by atoms with van der Waals surface area (Å²) < 4.78 is 2.21. The van der Waals surface area contributed by atoms with E-state index in [1.54, 1.807) is 0 Å². The minimum absolute atomic E-state index is 0.0805. The molecule has 162 valence electrons. The first-order valence-electron chi connectivity index (χ1n) is 12.4. The van der Waals surface area contributed by atoms with E-state index in [2.05, 4.69) is 48.7 Å². The van der Waals surface area contributed by atoms with Gasteiger partial charge in [-0.1, -0.05) is 26.0 Å². The van der Waals surface area contributed by atoms with E-state index in [1.165, 1.54) is 43.4 Å². The molecule has 0 bridgehead atoms. The van der Waals surface area contributed by atoms with E-state index in [0.717, 1.165) is 59.7 Å². The van der Waals surface area contributed by atoms with Gasteiger partial charge in [-0.25, -0.2) is 9.97 Å². The Morgan fingerprint density at radius 2 is 1.81 bits per heavy atom. The first kappa shape index (κ1) is 18.6. The first-order chi connectivity index (χ1) is 15.0. The second-order valence-corrected chi connectivity index (χ2v) is 11.7. The molecule has 1 N–H and O–H groups in total. The van der Waals surface area contributed by atoms with Gasteiger partial charge in [-0.05, 0) is 104 Å². The Bertz CT molecular complexity index is 1200. The molecule has 4 aliphatic rings. The summed E-state index contributed by atoms with van der Waals surface area (Å²) in [5, 5.41) is 10.8. The van der Waals surface area contributed by atoms with Gasteiger partial charge in [-0.2, -0.15) is 0 Å². The van der Waals surface area contributed by atoms with Crippen LogP contribution < -0.4 is 0 Å². The molecule has 0 radical (unpaired) electrons. The monoisotopic (exact) mass is 415 g/mol. The van der Waals surface area contributed by atoms with Crippen molar-refractivity contribution in [2.24, 2.45) is 34.5 Å². The van der Waals surface area contributed by atoms with E-state index < -0.39 is 0 Å². The van der Waals surface area contributed by atoms with Crippen LogP contribution >= 0.6 is 0 Å². The molecule has 4 nitrogen and oxygen atoms in total. The second-order valence-electron chi connectivity index (χ2n) is 11.7. The van der Waals surface area contributed by atoms with Gasteiger partial charge in [0.15, 0.2) is 0 Å². The highest BCUT2D eigenvalue weighted by molar-refractivity contribution is 5.79. The molecule has 3 unspecified atom stereocenters. The summed E-state index contributed by atoms with van der Waals surface area (Å²) in [7, 11) is 0. The summed E-state index contributed by atoms with van der Waals surface area (Å²) >= 11 is 0. The molecule has 7 rings (SSSR count). The number of aliphatic hydroxyl groups is 1. The predicted octanol–water partition coefficient (Wildman–Crippen LogP) is 5.20. The van der Waals surface area contributed by atoms with Gasteiger partial charge in [-0.15, -0.1) is 0 Å². The minimum Gasteiger partial charge on any atom is -0.393 e. The quantitative estimate of drug-likeness (QED) is 0.549. The fourth-order valence-corrected chi connectivity index (χ4v) is 8.75. The molecule has 3 aromatic rings. The third kappa shape index (κ3) is 2.35. The summed E-state index contributed by atoms with van der Waals surface area (Å²) in [4.78, 5) is 9.86. The number of hydrogen-bond acceptors (Lipinski definition) is 3. The Hall–Kier alpha value is -1.94. The molecular weight excluding hydrogens is 382 g/mol. The molecule has 0 spiro atoms. The third-order valence-corrected chi connectivity index (χ3v) is 10.5. The zero-order valence-electron chi connectivity index (χ0n) is 18.7. The van der Waals surface area contributed by atoms with Crippen molar-refractivity contribution < 1.29 is 5.11 Å². The molecule has 1 aromatic carbocycles. The van der Waals surface area contributed by atoms with Crippen LogP contribution in [0.5, 0.6) is 0 Å². The van der Waals surface area contributed by atoms with Crippen LogP contribution in [0.25, 0.3) is 16.8 Å². The van der Waals surface area contributed by atoms with Crippen LogP contribution in [0, 0.1) is 34.5 Å². The molecule has 0 aliphatic heterocycles. The summed E-state index contributed by atoms with van der Waals surface area (Å²) in [5.41, 5.74) is 5.45. The first-order valence-corrected chi connectivity index (χ1v) is 12.4. The highest BCUT2D eigenvalue weighted by atomic mass is 16.3. The van der Waals surface area contributed by atoms with Gasteiger partial charge >= 0.3 is 0 Å². The van der Waals surface area contributed by atoms with Gasteiger partial charge in [0.2, 0.25) is 5.78 Å². The van der Waals surface area contributed by atoms with Gasteiger partial charge in [0, 0.05) is 11.9 Å². The van der Waals surface area contributed by atoms with Crippen molar-refractivity contribution in [1.29, 1.82) is 0 Å². The lowest BCUT2D eigenvalue weighted by Crippen LogP contribution is -2.54. The van der Waals surface area contributed by atoms with Gasteiger partial charge in [0.25, 0.3) is 0 Å². The van der Waals surface area contributed by atoms with Gasteiger partial charge in [0.05, 0.1) is 17.1 Å². The van der Waals surface area contributed by atoms with Gasteiger partial charge in [-0.3, -0.25) is 4.40 Å². The van der Waals surface area contributed by atoms with E-state index in [1.807, 2.05) is 0 Å². The molecular formula is C27H33N3O. The normalized spacial score (nSPS) is 41.6. The van der Waals surface area contributed by atoms with Crippen molar-refractivity contribution in [3.8, 4) is 0 Å². The number of para-hydroxylation sites is 2. The number of aromatic nitrogens is 3. The minimum atomic E-state index is -0.0805. The number of nitrogens with zero attached hydrogens (tertiary/aromatic N) is 3. The largest absolute Gasteiger partial charge is 0.393 e. The average Bonchev–Trinajstić information content (AvgIpc) is 3.27. The Morgan fingerprint density at radius 1 is 0.968 bits per heavy atom. The molecule has 4 heteroatoms. The van der Waals surface area contributed by atoms with Gasteiger partial charge in [0.1, 0.15) is 0 Å². The molecule has 0 saturated heterocycles. The summed E-state index contributed by atoms with van der Waals surface area (Å²) in [6.07, 6.45) is 12.0. The van der Waals surface area contributed by atoms with E-state index in [0.29, 0.717) is 5.41 Å². The van der Waals surface area contributed by atoms with Crippen LogP contribution in [0.3, 0.4) is 0 Å². The van der Waals surface area contributed by atoms with Crippen molar-refractivity contribution in [1.82, 2.24) is 14.4 Å². The fraction of sp³-hybridized carbons (Fsp3) is 0.630. The maximum atomic E-state index is 10.8. The van der Waals surface area contributed by atoms with Crippen molar-refractivity contribution in [2.75, 3.05) is 0 Å². The Kier molecular flexibility index (Phi) is 3.66. The van der Waals surface area contributed by atoms with Crippen LogP contribution in [-0.2, 0) is 12.8 Å². The smallest absolute Gasteiger partial charge is 0.235 e. The van der Waals surface area contributed by atoms with E-state index >= 15 is 0 Å². The number of rotatable bonds is 0. The average molecular weight is 416 g/mol. The van der Waals surface area contributed by atoms with Crippen molar-refractivity contribution in [3.05, 3.63) is 41.7 Å². The molecule has 4 aliphatic carbocycles. The molecule has 0 amide bonds. The Morgan fingerprint density at radius 3 is 2.71 bits per heavy atom. The van der Waals surface area contributed by atoms with E-state index in [4.69, 9.17) is 9.97 Å². The molecule has 31 heavy (non-hydrogen) atoms. The number of hydrogen-bond donors (Lipinski definition) is 1. The zero-order valence-corrected chi connectivity index (χ0v) is 18.7. The lowest BCUT2D eigenvalue weighted by atomic mass is 9.45. The lowest BCUT2D eigenvalue weighted by Gasteiger charge is -2.60. The van der Waals surface area contributed by atoms with Crippen molar-refractivity contribution in [3.63, 3.8) is 0 Å². The van der Waals surface area contributed by atoms with E-state index in [-0.39, 0.29) is 11.5 Å². The third-order valence-electron chi connectivity index (χ3n) is 10.5. The lowest BCUT2D eigenvalue weighted by molar-refractivity contribution is -0.111. The van der Waals surface area contributed by atoms with Crippen molar-refractivity contribution in [2.45, 2.75) is 71.3 Å². The van der Waals surface area contributed by atoms with Gasteiger partial charge < -0.3 is 5.11 Å². The predicted molar refractivity (Wildman–Crippen MR) is 122 cm³/mol. The summed E-state index contributed by atoms with van der Waals surface area (Å²) in [6, 6.07) is 8.39. The molecule has 7 atom stereocenters. The second kappa shape index (κ2) is 6.10. The molecule has 2 heterocycles. The molecule has 2 aromatic heterocycles. The maximum Gasteiger partial charge on any atom is 0.235 e. The fourth-order valence-electron chi connectivity index (χ4n) is 8.75. The highest BCUT2D eigenvalue weighted by Crippen LogP contribution is 2.65. The van der Waals surface area contributed by atoms with E-state index in [9.17, 15) is 5.11 Å². The molecule has 3 saturated carbocycles. The SMILES string of the molecule is C[C@]12CCC3C(CC[C@@H]4Cc5nc6nc7ccccc7n6cc5C[C@]34C)C1CC[C@@H]2O. The highest BCUT2D eigenvalue weighted by Gasteiger charge is 2.60. The molecule has 3 fully saturated rings. The summed E-state index contributed by atoms with van der Waals surface area (Å²) in [6.45, 7) is 4.99. The number of aliphatic hydroxyl groups excluding tert-OH is 1. The van der Waals surface area contributed by atoms with Crippen LogP contribution in [-0.4, -0.2) is 25.6 Å². The topological polar surface area (TPSA) is 50.4 Å². The summed E-state index contributed by atoms with van der Waals surface area (Å²) in [5.74, 6) is 3.89. The number of benzene rings is 1. The Balaban J connectivity index is 1.30. The van der Waals surface area contributed by atoms with Crippen LogP contribution in [0.1, 0.15) is 63.6 Å². The van der Waals surface area contributed by atoms with Crippen LogP contribution in [0.15, 0.2) is 30.5 Å². The number of imidazole rings is 1. The number of fused-ring (bicyclic) bond motifs is 9. The maximum absolute atomic E-state index is 10.8. The van der Waals surface area contributed by atoms with Crippen molar-refractivity contribution >= 4 is 16.8 Å². The standard InChI is InChI=1S/C27H33N3O/c1-26-12-11-20-18(19(26)9-10-24(26)31)8-7-17-13-22-16(14-27(17,20)2)15-30-23-6-4-3-5-21(23)28-25(30)29-22/h3-6,15,17-20,24,31H,7-14H2,1-2H3/t17-,18?,19?,20?,24+,26+,27+/m1/s1. The van der Waals surface area contributed by atoms with Crippen LogP contribution in [0.4, 0.5) is 0 Å². The van der Waals surface area contributed by atoms with Crippen LogP contribution in [0.2, 0.25) is 0 Å². The Labute approximate surface area is 184 Å². The zero-order chi connectivity index (χ0) is 21.0.